The molecule has 4 nitrogen and oxygen atoms in total. The van der Waals surface area contributed by atoms with Crippen LogP contribution >= 0.6 is 15.9 Å². The van der Waals surface area contributed by atoms with E-state index in [1.807, 2.05) is 0 Å². The second-order valence-corrected chi connectivity index (χ2v) is 4.11. The van der Waals surface area contributed by atoms with Crippen LogP contribution in [0.1, 0.15) is 24.8 Å². The number of hydrogen-bond donors (Lipinski definition) is 2. The van der Waals surface area contributed by atoms with Crippen LogP contribution in [-0.2, 0) is 4.79 Å². The summed E-state index contributed by atoms with van der Waals surface area (Å²) >= 11 is 3.25. The number of aromatic hydroxyl groups is 1. The maximum atomic E-state index is 11.1. The van der Waals surface area contributed by atoms with Gasteiger partial charge < -0.3 is 14.9 Å². The van der Waals surface area contributed by atoms with Crippen LogP contribution in [0, 0.1) is 0 Å². The number of benzene rings is 1. The summed E-state index contributed by atoms with van der Waals surface area (Å²) in [6.45, 7) is 1.75. The maximum Gasteiger partial charge on any atom is 0.311 e. The number of carbonyl (C=O) groups is 1. The molecule has 0 radical (unpaired) electrons. The van der Waals surface area contributed by atoms with Crippen LogP contribution in [0.4, 0.5) is 0 Å². The first-order valence-electron chi connectivity index (χ1n) is 4.81. The predicted molar refractivity (Wildman–Crippen MR) is 63.0 cm³/mol. The highest BCUT2D eigenvalue weighted by molar-refractivity contribution is 9.10. The minimum absolute atomic E-state index is 0.0399. The average molecular weight is 289 g/mol. The highest BCUT2D eigenvalue weighted by atomic mass is 79.9. The zero-order valence-corrected chi connectivity index (χ0v) is 10.6. The normalized spacial score (nSPS) is 12.2. The van der Waals surface area contributed by atoms with Crippen LogP contribution in [0.25, 0.3) is 0 Å². The first-order chi connectivity index (χ1) is 7.52. The third kappa shape index (κ3) is 2.29. The monoisotopic (exact) mass is 288 g/mol. The Morgan fingerprint density at radius 3 is 2.62 bits per heavy atom. The summed E-state index contributed by atoms with van der Waals surface area (Å²) < 4.78 is 5.55. The minimum Gasteiger partial charge on any atom is -0.508 e. The Kier molecular flexibility index (Phi) is 4.18. The number of ether oxygens (including phenoxy) is 1. The zero-order chi connectivity index (χ0) is 12.3. The summed E-state index contributed by atoms with van der Waals surface area (Å²) in [4.78, 5) is 11.1. The second kappa shape index (κ2) is 5.21. The molecule has 0 aliphatic carbocycles. The number of halogens is 1. The number of methoxy groups -OCH3 is 1. The van der Waals surface area contributed by atoms with Crippen LogP contribution < -0.4 is 4.74 Å². The molecule has 0 fully saturated rings. The minimum atomic E-state index is -0.966. The van der Waals surface area contributed by atoms with Gasteiger partial charge in [-0.1, -0.05) is 6.92 Å². The van der Waals surface area contributed by atoms with Gasteiger partial charge in [0.15, 0.2) is 0 Å². The third-order valence-corrected chi connectivity index (χ3v) is 3.21. The van der Waals surface area contributed by atoms with Crippen molar-refractivity contribution in [2.24, 2.45) is 0 Å². The zero-order valence-electron chi connectivity index (χ0n) is 9.03. The summed E-state index contributed by atoms with van der Waals surface area (Å²) in [5, 5.41) is 18.8. The molecule has 1 atom stereocenters. The Labute approximate surface area is 102 Å². The molecule has 2 N–H and O–H groups in total. The summed E-state index contributed by atoms with van der Waals surface area (Å²) in [6.07, 6.45) is 0.397. The number of phenols is 1. The van der Waals surface area contributed by atoms with E-state index in [1.54, 1.807) is 13.0 Å². The van der Waals surface area contributed by atoms with Gasteiger partial charge in [-0.15, -0.1) is 0 Å². The molecule has 0 aliphatic rings. The molecule has 88 valence electrons. The Hall–Kier alpha value is -1.23. The molecule has 0 aliphatic heterocycles. The molecule has 0 heterocycles. The number of aliphatic carboxylic acids is 1. The number of phenolic OH excluding ortho intramolecular Hbond substituents is 1. The molecule has 0 amide bonds. The molecule has 0 saturated heterocycles. The van der Waals surface area contributed by atoms with Gasteiger partial charge in [-0.05, 0) is 34.5 Å². The summed E-state index contributed by atoms with van der Waals surface area (Å²) in [7, 11) is 1.49. The van der Waals surface area contributed by atoms with E-state index in [9.17, 15) is 9.90 Å². The third-order valence-electron chi connectivity index (χ3n) is 2.40. The van der Waals surface area contributed by atoms with Crippen molar-refractivity contribution in [3.05, 3.63) is 22.2 Å². The molecule has 0 aromatic heterocycles. The first kappa shape index (κ1) is 12.8. The number of carboxylic acid groups (broad SMARTS) is 1. The molecular weight excluding hydrogens is 276 g/mol. The molecule has 16 heavy (non-hydrogen) atoms. The van der Waals surface area contributed by atoms with Gasteiger partial charge >= 0.3 is 5.97 Å². The van der Waals surface area contributed by atoms with E-state index in [0.29, 0.717) is 22.2 Å². The fourth-order valence-electron chi connectivity index (χ4n) is 1.55. The lowest BCUT2D eigenvalue weighted by Gasteiger charge is -2.16. The molecule has 1 aromatic rings. The quantitative estimate of drug-likeness (QED) is 0.894. The summed E-state index contributed by atoms with van der Waals surface area (Å²) in [6, 6.07) is 3.02. The van der Waals surface area contributed by atoms with Crippen LogP contribution in [0.2, 0.25) is 0 Å². The Morgan fingerprint density at radius 1 is 1.56 bits per heavy atom. The van der Waals surface area contributed by atoms with Gasteiger partial charge in [0.25, 0.3) is 0 Å². The summed E-state index contributed by atoms with van der Waals surface area (Å²) in [5.41, 5.74) is 0.356. The fraction of sp³-hybridized carbons (Fsp3) is 0.364. The van der Waals surface area contributed by atoms with Gasteiger partial charge in [-0.25, -0.2) is 0 Å². The number of hydrogen-bond acceptors (Lipinski definition) is 3. The first-order valence-corrected chi connectivity index (χ1v) is 5.60. The molecule has 0 saturated carbocycles. The molecule has 1 aromatic carbocycles. The Morgan fingerprint density at radius 2 is 2.19 bits per heavy atom. The number of carboxylic acids is 1. The lowest BCUT2D eigenvalue weighted by atomic mass is 9.95. The van der Waals surface area contributed by atoms with Crippen molar-refractivity contribution in [3.63, 3.8) is 0 Å². The molecule has 1 rings (SSSR count). The van der Waals surface area contributed by atoms with Crippen LogP contribution in [-0.4, -0.2) is 23.3 Å². The van der Waals surface area contributed by atoms with Crippen molar-refractivity contribution >= 4 is 21.9 Å². The molecular formula is C11H13BrO4. The average Bonchev–Trinajstić information content (AvgIpc) is 2.23. The van der Waals surface area contributed by atoms with Crippen LogP contribution in [0.5, 0.6) is 11.5 Å². The van der Waals surface area contributed by atoms with Gasteiger partial charge in [0, 0.05) is 5.56 Å². The van der Waals surface area contributed by atoms with Crippen molar-refractivity contribution in [3.8, 4) is 11.5 Å². The van der Waals surface area contributed by atoms with Gasteiger partial charge in [0.1, 0.15) is 11.5 Å². The van der Waals surface area contributed by atoms with E-state index in [-0.39, 0.29) is 5.75 Å². The number of rotatable bonds is 4. The lowest BCUT2D eigenvalue weighted by Crippen LogP contribution is -2.11. The Balaban J connectivity index is 3.35. The van der Waals surface area contributed by atoms with E-state index in [1.165, 1.54) is 13.2 Å². The summed E-state index contributed by atoms with van der Waals surface area (Å²) in [5.74, 6) is -1.24. The van der Waals surface area contributed by atoms with Crippen molar-refractivity contribution in [2.45, 2.75) is 19.3 Å². The topological polar surface area (TPSA) is 66.8 Å². The standard InChI is InChI=1S/C11H13BrO4/c1-3-6(11(14)15)9-7(13)4-5-8(16-2)10(9)12/h4-6,13H,3H2,1-2H3,(H,14,15). The smallest absolute Gasteiger partial charge is 0.311 e. The van der Waals surface area contributed by atoms with E-state index >= 15 is 0 Å². The fourth-order valence-corrected chi connectivity index (χ4v) is 2.33. The predicted octanol–water partition coefficient (Wildman–Crippen LogP) is 2.74. The second-order valence-electron chi connectivity index (χ2n) is 3.31. The van der Waals surface area contributed by atoms with E-state index < -0.39 is 11.9 Å². The molecule has 0 spiro atoms. The SMILES string of the molecule is CCC(C(=O)O)c1c(O)ccc(OC)c1Br. The van der Waals surface area contributed by atoms with E-state index in [0.717, 1.165) is 0 Å². The molecule has 0 bridgehead atoms. The van der Waals surface area contributed by atoms with Crippen LogP contribution in [0.15, 0.2) is 16.6 Å². The van der Waals surface area contributed by atoms with E-state index in [4.69, 9.17) is 9.84 Å². The maximum absolute atomic E-state index is 11.1. The van der Waals surface area contributed by atoms with Gasteiger partial charge in [-0.3, -0.25) is 4.79 Å². The molecule has 5 heteroatoms. The van der Waals surface area contributed by atoms with Gasteiger partial charge in [-0.2, -0.15) is 0 Å². The highest BCUT2D eigenvalue weighted by Crippen LogP contribution is 2.40. The van der Waals surface area contributed by atoms with Crippen LogP contribution in [0.3, 0.4) is 0 Å². The lowest BCUT2D eigenvalue weighted by molar-refractivity contribution is -0.138. The van der Waals surface area contributed by atoms with Crippen molar-refractivity contribution in [1.82, 2.24) is 0 Å². The van der Waals surface area contributed by atoms with Gasteiger partial charge in [0.2, 0.25) is 0 Å². The Bertz CT molecular complexity index is 403. The van der Waals surface area contributed by atoms with Crippen molar-refractivity contribution in [1.29, 1.82) is 0 Å². The highest BCUT2D eigenvalue weighted by Gasteiger charge is 2.25. The van der Waals surface area contributed by atoms with Crippen molar-refractivity contribution < 1.29 is 19.7 Å². The largest absolute Gasteiger partial charge is 0.508 e. The molecule has 1 unspecified atom stereocenters. The van der Waals surface area contributed by atoms with Gasteiger partial charge in [0.05, 0.1) is 17.5 Å². The van der Waals surface area contributed by atoms with Crippen molar-refractivity contribution in [2.75, 3.05) is 7.11 Å². The van der Waals surface area contributed by atoms with E-state index in [2.05, 4.69) is 15.9 Å².